The van der Waals surface area contributed by atoms with Gasteiger partial charge in [-0.3, -0.25) is 0 Å². The van der Waals surface area contributed by atoms with Crippen molar-refractivity contribution in [2.75, 3.05) is 6.61 Å². The third-order valence-corrected chi connectivity index (χ3v) is 2.79. The Balaban J connectivity index is 2.07. The minimum atomic E-state index is -0.584. The monoisotopic (exact) mass is 228 g/mol. The van der Waals surface area contributed by atoms with Crippen molar-refractivity contribution >= 4 is 0 Å². The highest BCUT2D eigenvalue weighted by molar-refractivity contribution is 4.98. The summed E-state index contributed by atoms with van der Waals surface area (Å²) in [5.41, 5.74) is 0. The lowest BCUT2D eigenvalue weighted by atomic mass is 10.1. The molecule has 4 nitrogen and oxygen atoms in total. The Kier molecular flexibility index (Phi) is 2.87. The van der Waals surface area contributed by atoms with Crippen molar-refractivity contribution in [3.05, 3.63) is 12.7 Å². The van der Waals surface area contributed by atoms with Crippen molar-refractivity contribution in [2.24, 2.45) is 0 Å². The summed E-state index contributed by atoms with van der Waals surface area (Å²) in [5.74, 6) is -1.12. The molecule has 0 aromatic heterocycles. The smallest absolute Gasteiger partial charge is 0.164 e. The van der Waals surface area contributed by atoms with Crippen molar-refractivity contribution in [3.63, 3.8) is 0 Å². The van der Waals surface area contributed by atoms with E-state index in [0.29, 0.717) is 6.61 Å². The molecule has 0 saturated carbocycles. The summed E-state index contributed by atoms with van der Waals surface area (Å²) >= 11 is 0. The minimum Gasteiger partial charge on any atom is -0.348 e. The maximum absolute atomic E-state index is 5.83. The highest BCUT2D eigenvalue weighted by atomic mass is 16.8. The standard InChI is InChI=1S/C12H20O4/c1-6-8-10(16-12(4,5)14-8)9-7-13-11(2,3)15-9/h6,8-10H,1,7H2,2-5H3/t8-,9+,10+/m0/s1. The molecule has 0 aliphatic carbocycles. The molecule has 0 unspecified atom stereocenters. The van der Waals surface area contributed by atoms with Crippen molar-refractivity contribution < 1.29 is 18.9 Å². The van der Waals surface area contributed by atoms with E-state index < -0.39 is 11.6 Å². The Morgan fingerprint density at radius 1 is 1.06 bits per heavy atom. The molecule has 2 fully saturated rings. The fourth-order valence-electron chi connectivity index (χ4n) is 2.16. The summed E-state index contributed by atoms with van der Waals surface area (Å²) in [4.78, 5) is 0. The zero-order valence-electron chi connectivity index (χ0n) is 10.4. The molecule has 0 amide bonds. The molecule has 2 rings (SSSR count). The van der Waals surface area contributed by atoms with Crippen LogP contribution in [0.4, 0.5) is 0 Å². The first kappa shape index (κ1) is 12.0. The van der Waals surface area contributed by atoms with Crippen LogP contribution in [0.3, 0.4) is 0 Å². The first-order valence-corrected chi connectivity index (χ1v) is 5.63. The lowest BCUT2D eigenvalue weighted by molar-refractivity contribution is -0.174. The summed E-state index contributed by atoms with van der Waals surface area (Å²) in [6, 6.07) is 0. The molecule has 0 aromatic carbocycles. The van der Waals surface area contributed by atoms with Gasteiger partial charge in [-0.05, 0) is 27.7 Å². The van der Waals surface area contributed by atoms with Gasteiger partial charge >= 0.3 is 0 Å². The van der Waals surface area contributed by atoms with Crippen LogP contribution in [-0.4, -0.2) is 36.5 Å². The molecule has 4 heteroatoms. The Bertz CT molecular complexity index is 285. The van der Waals surface area contributed by atoms with Gasteiger partial charge in [0.1, 0.15) is 18.3 Å². The van der Waals surface area contributed by atoms with Gasteiger partial charge in [0.2, 0.25) is 0 Å². The van der Waals surface area contributed by atoms with Gasteiger partial charge in [0.05, 0.1) is 6.61 Å². The van der Waals surface area contributed by atoms with Crippen molar-refractivity contribution in [2.45, 2.75) is 57.6 Å². The zero-order valence-corrected chi connectivity index (χ0v) is 10.4. The van der Waals surface area contributed by atoms with E-state index in [4.69, 9.17) is 18.9 Å². The van der Waals surface area contributed by atoms with E-state index in [0.717, 1.165) is 0 Å². The van der Waals surface area contributed by atoms with E-state index in [9.17, 15) is 0 Å². The third kappa shape index (κ3) is 2.30. The third-order valence-electron chi connectivity index (χ3n) is 2.79. The van der Waals surface area contributed by atoms with Crippen LogP contribution in [0, 0.1) is 0 Å². The summed E-state index contributed by atoms with van der Waals surface area (Å²) in [6.45, 7) is 11.9. The summed E-state index contributed by atoms with van der Waals surface area (Å²) in [7, 11) is 0. The molecular formula is C12H20O4. The van der Waals surface area contributed by atoms with Crippen molar-refractivity contribution in [1.82, 2.24) is 0 Å². The van der Waals surface area contributed by atoms with Gasteiger partial charge < -0.3 is 18.9 Å². The second kappa shape index (κ2) is 3.81. The van der Waals surface area contributed by atoms with Gasteiger partial charge in [0.15, 0.2) is 11.6 Å². The van der Waals surface area contributed by atoms with Gasteiger partial charge in [-0.2, -0.15) is 0 Å². The van der Waals surface area contributed by atoms with Crippen LogP contribution >= 0.6 is 0 Å². The molecule has 16 heavy (non-hydrogen) atoms. The van der Waals surface area contributed by atoms with E-state index in [1.54, 1.807) is 6.08 Å². The molecule has 0 N–H and O–H groups in total. The normalized spacial score (nSPS) is 41.1. The van der Waals surface area contributed by atoms with E-state index in [2.05, 4.69) is 6.58 Å². The Morgan fingerprint density at radius 2 is 1.75 bits per heavy atom. The average molecular weight is 228 g/mol. The first-order valence-electron chi connectivity index (χ1n) is 5.63. The van der Waals surface area contributed by atoms with Crippen LogP contribution in [0.1, 0.15) is 27.7 Å². The lowest BCUT2D eigenvalue weighted by Gasteiger charge is -2.22. The number of hydrogen-bond acceptors (Lipinski definition) is 4. The molecular weight excluding hydrogens is 208 g/mol. The predicted octanol–water partition coefficient (Wildman–Crippen LogP) is 1.84. The first-order chi connectivity index (χ1) is 7.33. The van der Waals surface area contributed by atoms with E-state index in [-0.39, 0.29) is 18.3 Å². The quantitative estimate of drug-likeness (QED) is 0.676. The molecule has 0 aromatic rings. The Hall–Kier alpha value is -0.420. The second-order valence-corrected chi connectivity index (χ2v) is 5.17. The van der Waals surface area contributed by atoms with Crippen LogP contribution in [0.25, 0.3) is 0 Å². The maximum atomic E-state index is 5.83. The molecule has 2 saturated heterocycles. The molecule has 2 aliphatic rings. The fourth-order valence-corrected chi connectivity index (χ4v) is 2.16. The minimum absolute atomic E-state index is 0.0974. The van der Waals surface area contributed by atoms with Crippen LogP contribution in [0.2, 0.25) is 0 Å². The van der Waals surface area contributed by atoms with Crippen molar-refractivity contribution in [3.8, 4) is 0 Å². The summed E-state index contributed by atoms with van der Waals surface area (Å²) in [5, 5.41) is 0. The summed E-state index contributed by atoms with van der Waals surface area (Å²) in [6.07, 6.45) is 1.38. The van der Waals surface area contributed by atoms with Crippen LogP contribution in [0.15, 0.2) is 12.7 Å². The van der Waals surface area contributed by atoms with E-state index >= 15 is 0 Å². The van der Waals surface area contributed by atoms with Crippen LogP contribution < -0.4 is 0 Å². The van der Waals surface area contributed by atoms with Gasteiger partial charge in [-0.15, -0.1) is 6.58 Å². The largest absolute Gasteiger partial charge is 0.348 e. The van der Waals surface area contributed by atoms with Crippen molar-refractivity contribution in [1.29, 1.82) is 0 Å². The zero-order chi connectivity index (χ0) is 12.0. The van der Waals surface area contributed by atoms with Crippen LogP contribution in [0.5, 0.6) is 0 Å². The van der Waals surface area contributed by atoms with Gasteiger partial charge in [-0.25, -0.2) is 0 Å². The molecule has 2 heterocycles. The Morgan fingerprint density at radius 3 is 2.25 bits per heavy atom. The number of hydrogen-bond donors (Lipinski definition) is 0. The average Bonchev–Trinajstić information content (AvgIpc) is 2.65. The fraction of sp³-hybridized carbons (Fsp3) is 0.833. The number of rotatable bonds is 2. The number of ether oxygens (including phenoxy) is 4. The molecule has 2 aliphatic heterocycles. The van der Waals surface area contributed by atoms with E-state index in [1.165, 1.54) is 0 Å². The molecule has 0 spiro atoms. The molecule has 0 bridgehead atoms. The SMILES string of the molecule is C=C[C@@H]1OC(C)(C)O[C@H]1[C@H]1COC(C)(C)O1. The van der Waals surface area contributed by atoms with Gasteiger partial charge in [-0.1, -0.05) is 6.08 Å². The maximum Gasteiger partial charge on any atom is 0.164 e. The van der Waals surface area contributed by atoms with E-state index in [1.807, 2.05) is 27.7 Å². The molecule has 0 radical (unpaired) electrons. The van der Waals surface area contributed by atoms with Gasteiger partial charge in [0.25, 0.3) is 0 Å². The topological polar surface area (TPSA) is 36.9 Å². The van der Waals surface area contributed by atoms with Gasteiger partial charge in [0, 0.05) is 0 Å². The van der Waals surface area contributed by atoms with Crippen LogP contribution in [-0.2, 0) is 18.9 Å². The second-order valence-electron chi connectivity index (χ2n) is 5.17. The highest BCUT2D eigenvalue weighted by Crippen LogP contribution is 2.35. The molecule has 3 atom stereocenters. The highest BCUT2D eigenvalue weighted by Gasteiger charge is 2.48. The predicted molar refractivity (Wildman–Crippen MR) is 58.9 cm³/mol. The lowest BCUT2D eigenvalue weighted by Crippen LogP contribution is -2.37. The summed E-state index contributed by atoms with van der Waals surface area (Å²) < 4.78 is 22.9. The Labute approximate surface area is 96.5 Å². The molecule has 92 valence electrons.